The molecule has 0 spiro atoms. The first-order valence-corrected chi connectivity index (χ1v) is 8.16. The zero-order valence-corrected chi connectivity index (χ0v) is 12.2. The van der Waals surface area contributed by atoms with Crippen LogP contribution in [0.4, 0.5) is 13.2 Å². The molecule has 2 nitrogen and oxygen atoms in total. The SMILES string of the molecule is O=S(=O)(c1ccccc1CC(Br)C1CC1)C(F)(F)F. The first kappa shape index (κ1) is 14.8. The highest BCUT2D eigenvalue weighted by Gasteiger charge is 2.47. The smallest absolute Gasteiger partial charge is 0.214 e. The molecule has 1 aliphatic rings. The molecule has 0 amide bonds. The van der Waals surface area contributed by atoms with Crippen LogP contribution in [0, 0.1) is 5.92 Å². The van der Waals surface area contributed by atoms with Crippen LogP contribution < -0.4 is 0 Å². The summed E-state index contributed by atoms with van der Waals surface area (Å²) >= 11 is 3.42. The van der Waals surface area contributed by atoms with Crippen molar-refractivity contribution in [2.45, 2.75) is 34.5 Å². The van der Waals surface area contributed by atoms with E-state index in [0.717, 1.165) is 18.9 Å². The number of hydrogen-bond donors (Lipinski definition) is 0. The topological polar surface area (TPSA) is 34.1 Å². The van der Waals surface area contributed by atoms with Gasteiger partial charge in [0.1, 0.15) is 0 Å². The summed E-state index contributed by atoms with van der Waals surface area (Å²) in [6, 6.07) is 5.32. The molecule has 0 aromatic heterocycles. The molecule has 0 bridgehead atoms. The monoisotopic (exact) mass is 356 g/mol. The molecule has 1 unspecified atom stereocenters. The molecule has 1 atom stereocenters. The molecule has 7 heteroatoms. The molecular formula is C12H12BrF3O2S. The van der Waals surface area contributed by atoms with E-state index < -0.39 is 20.2 Å². The minimum absolute atomic E-state index is 0.0251. The largest absolute Gasteiger partial charge is 0.501 e. The third kappa shape index (κ3) is 3.13. The molecule has 1 aliphatic carbocycles. The fourth-order valence-corrected chi connectivity index (χ4v) is 3.78. The van der Waals surface area contributed by atoms with Crippen LogP contribution in [0.3, 0.4) is 0 Å². The summed E-state index contributed by atoms with van der Waals surface area (Å²) in [5.74, 6) is 0.432. The lowest BCUT2D eigenvalue weighted by Gasteiger charge is -2.14. The van der Waals surface area contributed by atoms with Gasteiger partial charge in [-0.3, -0.25) is 0 Å². The number of rotatable bonds is 4. The second kappa shape index (κ2) is 5.09. The summed E-state index contributed by atoms with van der Waals surface area (Å²) in [7, 11) is -5.28. The summed E-state index contributed by atoms with van der Waals surface area (Å²) in [5, 5.41) is 0. The van der Waals surface area contributed by atoms with E-state index in [-0.39, 0.29) is 16.8 Å². The van der Waals surface area contributed by atoms with Crippen molar-refractivity contribution in [1.82, 2.24) is 0 Å². The van der Waals surface area contributed by atoms with Crippen molar-refractivity contribution in [2.75, 3.05) is 0 Å². The molecule has 0 heterocycles. The van der Waals surface area contributed by atoms with Gasteiger partial charge >= 0.3 is 5.51 Å². The maximum absolute atomic E-state index is 12.6. The molecule has 1 aromatic carbocycles. The Balaban J connectivity index is 2.36. The number of alkyl halides is 4. The fraction of sp³-hybridized carbons (Fsp3) is 0.500. The summed E-state index contributed by atoms with van der Waals surface area (Å²) in [6.45, 7) is 0. The zero-order valence-electron chi connectivity index (χ0n) is 9.82. The molecule has 1 saturated carbocycles. The Hall–Kier alpha value is -0.560. The van der Waals surface area contributed by atoms with Crippen LogP contribution in [0.5, 0.6) is 0 Å². The van der Waals surface area contributed by atoms with E-state index in [1.54, 1.807) is 6.07 Å². The first-order valence-electron chi connectivity index (χ1n) is 5.77. The first-order chi connectivity index (χ1) is 8.73. The van der Waals surface area contributed by atoms with E-state index in [9.17, 15) is 21.6 Å². The Morgan fingerprint density at radius 1 is 1.26 bits per heavy atom. The average molecular weight is 357 g/mol. The van der Waals surface area contributed by atoms with Gasteiger partial charge in [-0.25, -0.2) is 8.42 Å². The maximum atomic E-state index is 12.6. The maximum Gasteiger partial charge on any atom is 0.501 e. The van der Waals surface area contributed by atoms with Crippen molar-refractivity contribution < 1.29 is 21.6 Å². The molecular weight excluding hydrogens is 345 g/mol. The number of halogens is 4. The Labute approximate surface area is 118 Å². The van der Waals surface area contributed by atoms with E-state index >= 15 is 0 Å². The molecule has 0 saturated heterocycles. The van der Waals surface area contributed by atoms with Crippen molar-refractivity contribution in [3.8, 4) is 0 Å². The van der Waals surface area contributed by atoms with Gasteiger partial charge in [0, 0.05) is 4.83 Å². The fourth-order valence-electron chi connectivity index (χ4n) is 1.89. The van der Waals surface area contributed by atoms with E-state index in [1.165, 1.54) is 12.1 Å². The van der Waals surface area contributed by atoms with Crippen molar-refractivity contribution in [2.24, 2.45) is 5.92 Å². The van der Waals surface area contributed by atoms with Crippen molar-refractivity contribution in [3.05, 3.63) is 29.8 Å². The highest BCUT2D eigenvalue weighted by atomic mass is 79.9. The average Bonchev–Trinajstić information content (AvgIpc) is 3.11. The van der Waals surface area contributed by atoms with Crippen molar-refractivity contribution in [3.63, 3.8) is 0 Å². The van der Waals surface area contributed by atoms with Gasteiger partial charge in [0.2, 0.25) is 0 Å². The van der Waals surface area contributed by atoms with Crippen LogP contribution in [-0.4, -0.2) is 18.8 Å². The predicted molar refractivity (Wildman–Crippen MR) is 68.8 cm³/mol. The minimum atomic E-state index is -5.28. The lowest BCUT2D eigenvalue weighted by molar-refractivity contribution is -0.0436. The van der Waals surface area contributed by atoms with Gasteiger partial charge < -0.3 is 0 Å². The number of sulfone groups is 1. The Morgan fingerprint density at radius 3 is 2.37 bits per heavy atom. The van der Waals surface area contributed by atoms with E-state index in [2.05, 4.69) is 15.9 Å². The normalized spacial score (nSPS) is 18.3. The Morgan fingerprint density at radius 2 is 1.84 bits per heavy atom. The zero-order chi connectivity index (χ0) is 14.3. The number of benzene rings is 1. The van der Waals surface area contributed by atoms with E-state index in [1.807, 2.05) is 0 Å². The van der Waals surface area contributed by atoms with Crippen LogP contribution in [-0.2, 0) is 16.3 Å². The van der Waals surface area contributed by atoms with E-state index in [0.29, 0.717) is 5.92 Å². The number of hydrogen-bond acceptors (Lipinski definition) is 2. The van der Waals surface area contributed by atoms with Gasteiger partial charge in [0.25, 0.3) is 9.84 Å². The lowest BCUT2D eigenvalue weighted by atomic mass is 10.1. The minimum Gasteiger partial charge on any atom is -0.214 e. The second-order valence-electron chi connectivity index (χ2n) is 4.61. The molecule has 106 valence electrons. The standard InChI is InChI=1S/C12H12BrF3O2S/c13-10(8-5-6-8)7-9-3-1-2-4-11(9)19(17,18)12(14,15)16/h1-4,8,10H,5-7H2. The van der Waals surface area contributed by atoms with Crippen molar-refractivity contribution >= 4 is 25.8 Å². The van der Waals surface area contributed by atoms with Gasteiger partial charge in [-0.05, 0) is 36.8 Å². The van der Waals surface area contributed by atoms with Crippen LogP contribution in [0.25, 0.3) is 0 Å². The van der Waals surface area contributed by atoms with Gasteiger partial charge in [-0.2, -0.15) is 13.2 Å². The van der Waals surface area contributed by atoms with Crippen LogP contribution in [0.15, 0.2) is 29.2 Å². The van der Waals surface area contributed by atoms with Crippen LogP contribution >= 0.6 is 15.9 Å². The highest BCUT2D eigenvalue weighted by molar-refractivity contribution is 9.09. The molecule has 0 radical (unpaired) electrons. The van der Waals surface area contributed by atoms with Gasteiger partial charge in [-0.15, -0.1) is 0 Å². The molecule has 0 aliphatic heterocycles. The summed E-state index contributed by atoms with van der Waals surface area (Å²) in [4.78, 5) is -0.607. The van der Waals surface area contributed by atoms with Crippen LogP contribution in [0.2, 0.25) is 0 Å². The quantitative estimate of drug-likeness (QED) is 0.771. The highest BCUT2D eigenvalue weighted by Crippen LogP contribution is 2.39. The van der Waals surface area contributed by atoms with Crippen LogP contribution in [0.1, 0.15) is 18.4 Å². The molecule has 0 N–H and O–H groups in total. The third-order valence-corrected chi connectivity index (χ3v) is 5.77. The molecule has 1 aromatic rings. The van der Waals surface area contributed by atoms with Gasteiger partial charge in [0.05, 0.1) is 4.90 Å². The lowest BCUT2D eigenvalue weighted by Crippen LogP contribution is -2.25. The second-order valence-corrected chi connectivity index (χ2v) is 7.70. The Kier molecular flexibility index (Phi) is 3.97. The van der Waals surface area contributed by atoms with Crippen molar-refractivity contribution in [1.29, 1.82) is 0 Å². The van der Waals surface area contributed by atoms with E-state index in [4.69, 9.17) is 0 Å². The summed E-state index contributed by atoms with van der Waals surface area (Å²) < 4.78 is 60.8. The molecule has 2 rings (SSSR count). The van der Waals surface area contributed by atoms with Gasteiger partial charge in [-0.1, -0.05) is 34.1 Å². The predicted octanol–water partition coefficient (Wildman–Crippen LogP) is 3.70. The Bertz CT molecular complexity index is 565. The third-order valence-electron chi connectivity index (χ3n) is 3.12. The summed E-state index contributed by atoms with van der Waals surface area (Å²) in [6.07, 6.45) is 2.35. The van der Waals surface area contributed by atoms with Gasteiger partial charge in [0.15, 0.2) is 0 Å². The molecule has 19 heavy (non-hydrogen) atoms. The summed E-state index contributed by atoms with van der Waals surface area (Å²) in [5.41, 5.74) is -5.04. The molecule has 1 fully saturated rings.